The maximum atomic E-state index is 4.94. The van der Waals surface area contributed by atoms with Gasteiger partial charge in [-0.05, 0) is 48.9 Å². The van der Waals surface area contributed by atoms with E-state index in [-0.39, 0.29) is 0 Å². The molecular weight excluding hydrogens is 304 g/mol. The fourth-order valence-electron chi connectivity index (χ4n) is 3.78. The highest BCUT2D eigenvalue weighted by Gasteiger charge is 2.17. The zero-order valence-corrected chi connectivity index (χ0v) is 15.8. The predicted molar refractivity (Wildman–Crippen MR) is 108 cm³/mol. The Morgan fingerprint density at radius 3 is 2.24 bits per heavy atom. The second kappa shape index (κ2) is 7.79. The summed E-state index contributed by atoms with van der Waals surface area (Å²) in [5.41, 5.74) is 6.24. The summed E-state index contributed by atoms with van der Waals surface area (Å²) in [7, 11) is 0. The Morgan fingerprint density at radius 1 is 0.920 bits per heavy atom. The van der Waals surface area contributed by atoms with Crippen LogP contribution in [-0.4, -0.2) is 11.5 Å². The second-order valence-corrected chi connectivity index (χ2v) is 6.77. The number of benzene rings is 2. The van der Waals surface area contributed by atoms with E-state index in [4.69, 9.17) is 4.98 Å². The first-order chi connectivity index (χ1) is 12.2. The van der Waals surface area contributed by atoms with Gasteiger partial charge in [-0.25, -0.2) is 0 Å². The summed E-state index contributed by atoms with van der Waals surface area (Å²) in [5, 5.41) is 6.20. The maximum Gasteiger partial charge on any atom is 0.0785 e. The summed E-state index contributed by atoms with van der Waals surface area (Å²) in [5.74, 6) is 0. The predicted octanol–water partition coefficient (Wildman–Crippen LogP) is 5.97. The van der Waals surface area contributed by atoms with Gasteiger partial charge in [0.25, 0.3) is 0 Å². The second-order valence-electron chi connectivity index (χ2n) is 6.77. The molecule has 0 radical (unpaired) electrons. The van der Waals surface area contributed by atoms with E-state index < -0.39 is 0 Å². The molecule has 1 unspecified atom stereocenters. The van der Waals surface area contributed by atoms with Crippen molar-refractivity contribution in [2.45, 2.75) is 46.6 Å². The topological polar surface area (TPSA) is 24.9 Å². The Morgan fingerprint density at radius 2 is 1.60 bits per heavy atom. The molecule has 0 aliphatic rings. The van der Waals surface area contributed by atoms with Crippen LogP contribution in [0.2, 0.25) is 0 Å². The lowest BCUT2D eigenvalue weighted by Gasteiger charge is -2.21. The van der Waals surface area contributed by atoms with Gasteiger partial charge < -0.3 is 5.32 Å². The van der Waals surface area contributed by atoms with Gasteiger partial charge in [0.1, 0.15) is 0 Å². The fourth-order valence-corrected chi connectivity index (χ4v) is 3.78. The molecule has 2 heteroatoms. The van der Waals surface area contributed by atoms with Gasteiger partial charge in [0.05, 0.1) is 5.69 Å². The van der Waals surface area contributed by atoms with Crippen LogP contribution in [-0.2, 0) is 0 Å². The maximum absolute atomic E-state index is 4.94. The van der Waals surface area contributed by atoms with Gasteiger partial charge in [0.15, 0.2) is 0 Å². The number of nitrogens with one attached hydrogen (secondary N) is 1. The average Bonchev–Trinajstić information content (AvgIpc) is 2.61. The number of hydrogen-bond acceptors (Lipinski definition) is 2. The van der Waals surface area contributed by atoms with Crippen molar-refractivity contribution in [2.75, 3.05) is 6.54 Å². The third-order valence-corrected chi connectivity index (χ3v) is 4.95. The van der Waals surface area contributed by atoms with Gasteiger partial charge in [0.2, 0.25) is 0 Å². The standard InChI is InChI=1S/C23H28N2/c1-5-10-21(24-6-2)20-15-25-23(19-14-8-7-13-18(19)20)22-16(3)11-9-12-17(22)4/h7-9,11-15,21,24H,5-6,10H2,1-4H3. The number of fused-ring (bicyclic) bond motifs is 1. The molecule has 130 valence electrons. The molecule has 1 atom stereocenters. The lowest BCUT2D eigenvalue weighted by Crippen LogP contribution is -2.21. The number of hydrogen-bond donors (Lipinski definition) is 1. The van der Waals surface area contributed by atoms with Gasteiger partial charge in [-0.3, -0.25) is 4.98 Å². The van der Waals surface area contributed by atoms with Crippen LogP contribution in [0, 0.1) is 13.8 Å². The Balaban J connectivity index is 2.23. The van der Waals surface area contributed by atoms with Gasteiger partial charge >= 0.3 is 0 Å². The van der Waals surface area contributed by atoms with Crippen molar-refractivity contribution >= 4 is 10.8 Å². The molecule has 3 aromatic rings. The van der Waals surface area contributed by atoms with E-state index in [1.165, 1.54) is 33.0 Å². The minimum atomic E-state index is 0.361. The third-order valence-electron chi connectivity index (χ3n) is 4.95. The molecule has 0 fully saturated rings. The molecule has 0 saturated carbocycles. The molecule has 1 N–H and O–H groups in total. The van der Waals surface area contributed by atoms with Crippen LogP contribution in [0.25, 0.3) is 22.0 Å². The molecular formula is C23H28N2. The van der Waals surface area contributed by atoms with Gasteiger partial charge in [-0.1, -0.05) is 62.7 Å². The van der Waals surface area contributed by atoms with Gasteiger partial charge in [-0.2, -0.15) is 0 Å². The summed E-state index contributed by atoms with van der Waals surface area (Å²) < 4.78 is 0. The van der Waals surface area contributed by atoms with Crippen LogP contribution in [0.5, 0.6) is 0 Å². The van der Waals surface area contributed by atoms with Crippen molar-refractivity contribution in [1.29, 1.82) is 0 Å². The number of aromatic nitrogens is 1. The van der Waals surface area contributed by atoms with Crippen molar-refractivity contribution in [3.63, 3.8) is 0 Å². The van der Waals surface area contributed by atoms with Gasteiger partial charge in [0, 0.05) is 23.2 Å². The summed E-state index contributed by atoms with van der Waals surface area (Å²) in [6, 6.07) is 15.5. The van der Waals surface area contributed by atoms with Crippen LogP contribution in [0.1, 0.15) is 49.4 Å². The Bertz CT molecular complexity index is 841. The number of nitrogens with zero attached hydrogens (tertiary/aromatic N) is 1. The fraction of sp³-hybridized carbons (Fsp3) is 0.348. The first kappa shape index (κ1) is 17.6. The third kappa shape index (κ3) is 3.45. The van der Waals surface area contributed by atoms with Gasteiger partial charge in [-0.15, -0.1) is 0 Å². The zero-order valence-electron chi connectivity index (χ0n) is 15.8. The van der Waals surface area contributed by atoms with Crippen LogP contribution >= 0.6 is 0 Å². The first-order valence-corrected chi connectivity index (χ1v) is 9.35. The minimum Gasteiger partial charge on any atom is -0.310 e. The number of pyridine rings is 1. The van der Waals surface area contributed by atoms with Crippen LogP contribution in [0.3, 0.4) is 0 Å². The van der Waals surface area contributed by atoms with E-state index >= 15 is 0 Å². The van der Waals surface area contributed by atoms with Crippen molar-refractivity contribution in [2.24, 2.45) is 0 Å². The van der Waals surface area contributed by atoms with E-state index in [2.05, 4.69) is 81.7 Å². The highest BCUT2D eigenvalue weighted by molar-refractivity contribution is 5.97. The van der Waals surface area contributed by atoms with Crippen LogP contribution in [0.15, 0.2) is 48.7 Å². The molecule has 2 nitrogen and oxygen atoms in total. The first-order valence-electron chi connectivity index (χ1n) is 9.35. The largest absolute Gasteiger partial charge is 0.310 e. The lowest BCUT2D eigenvalue weighted by atomic mass is 9.92. The Hall–Kier alpha value is -2.19. The van der Waals surface area contributed by atoms with Crippen LogP contribution < -0.4 is 5.32 Å². The SMILES string of the molecule is CCCC(NCC)c1cnc(-c2c(C)cccc2C)c2ccccc12. The molecule has 25 heavy (non-hydrogen) atoms. The highest BCUT2D eigenvalue weighted by atomic mass is 14.9. The monoisotopic (exact) mass is 332 g/mol. The van der Waals surface area contributed by atoms with Crippen molar-refractivity contribution in [3.8, 4) is 11.3 Å². The van der Waals surface area contributed by atoms with Crippen LogP contribution in [0.4, 0.5) is 0 Å². The van der Waals surface area contributed by atoms with Crippen molar-refractivity contribution in [1.82, 2.24) is 10.3 Å². The highest BCUT2D eigenvalue weighted by Crippen LogP contribution is 2.35. The summed E-state index contributed by atoms with van der Waals surface area (Å²) >= 11 is 0. The molecule has 1 aromatic heterocycles. The molecule has 0 amide bonds. The molecule has 1 heterocycles. The average molecular weight is 332 g/mol. The molecule has 0 aliphatic heterocycles. The van der Waals surface area contributed by atoms with E-state index in [0.717, 1.165) is 25.1 Å². The minimum absolute atomic E-state index is 0.361. The molecule has 0 spiro atoms. The lowest BCUT2D eigenvalue weighted by molar-refractivity contribution is 0.511. The zero-order chi connectivity index (χ0) is 17.8. The van der Waals surface area contributed by atoms with E-state index in [9.17, 15) is 0 Å². The summed E-state index contributed by atoms with van der Waals surface area (Å²) in [6.45, 7) is 9.72. The molecule has 0 aliphatic carbocycles. The smallest absolute Gasteiger partial charge is 0.0785 e. The van der Waals surface area contributed by atoms with Crippen molar-refractivity contribution in [3.05, 3.63) is 65.4 Å². The molecule has 2 aromatic carbocycles. The quantitative estimate of drug-likeness (QED) is 0.601. The Kier molecular flexibility index (Phi) is 5.50. The molecule has 0 bridgehead atoms. The van der Waals surface area contributed by atoms with Crippen molar-refractivity contribution < 1.29 is 0 Å². The van der Waals surface area contributed by atoms with E-state index in [1.807, 2.05) is 0 Å². The Labute approximate surface area is 151 Å². The number of rotatable bonds is 6. The summed E-state index contributed by atoms with van der Waals surface area (Å²) in [4.78, 5) is 4.94. The van der Waals surface area contributed by atoms with E-state index in [1.54, 1.807) is 0 Å². The van der Waals surface area contributed by atoms with E-state index in [0.29, 0.717) is 6.04 Å². The summed E-state index contributed by atoms with van der Waals surface area (Å²) in [6.07, 6.45) is 4.37. The molecule has 0 saturated heterocycles. The normalized spacial score (nSPS) is 12.5. The molecule has 3 rings (SSSR count). The number of aryl methyl sites for hydroxylation is 2.